The van der Waals surface area contributed by atoms with Gasteiger partial charge in [0.05, 0.1) is 0 Å². The van der Waals surface area contributed by atoms with Crippen LogP contribution in [0.1, 0.15) is 5.56 Å². The number of aliphatic hydroxyl groups is 3. The molecule has 1 rings (SSSR count). The predicted octanol–water partition coefficient (Wildman–Crippen LogP) is -1.16. The van der Waals surface area contributed by atoms with E-state index in [0.717, 1.165) is 12.3 Å². The molecule has 0 bridgehead atoms. The average molecular weight is 189 g/mol. The van der Waals surface area contributed by atoms with E-state index in [1.165, 1.54) is 6.92 Å². The van der Waals surface area contributed by atoms with Gasteiger partial charge in [-0.1, -0.05) is 0 Å². The van der Waals surface area contributed by atoms with E-state index in [1.54, 1.807) is 0 Å². The number of nitrogens with zero attached hydrogens (tertiary/aromatic N) is 1. The molecule has 0 atom stereocenters. The summed E-state index contributed by atoms with van der Waals surface area (Å²) in [5.74, 6) is -1.17. The van der Waals surface area contributed by atoms with Crippen molar-refractivity contribution >= 4 is 0 Å². The molecule has 3 N–H and O–H groups in total. The first kappa shape index (κ1) is 9.85. The third kappa shape index (κ3) is 1.92. The topological polar surface area (TPSA) is 82.7 Å². The molecule has 1 aromatic heterocycles. The molecule has 0 saturated heterocycles. The average Bonchev–Trinajstić information content (AvgIpc) is 1.94. The third-order valence-electron chi connectivity index (χ3n) is 1.43. The summed E-state index contributed by atoms with van der Waals surface area (Å²) >= 11 is 0. The van der Waals surface area contributed by atoms with Crippen molar-refractivity contribution in [2.45, 2.75) is 13.0 Å². The fourth-order valence-electron chi connectivity index (χ4n) is 0.899. The van der Waals surface area contributed by atoms with Crippen molar-refractivity contribution in [3.63, 3.8) is 0 Å². The molecule has 0 radical (unpaired) electrons. The van der Waals surface area contributed by atoms with Crippen molar-refractivity contribution in [2.75, 3.05) is 0 Å². The number of hydrogen-bond acceptors (Lipinski definition) is 4. The van der Waals surface area contributed by atoms with Crippen LogP contribution in [0.3, 0.4) is 0 Å². The lowest BCUT2D eigenvalue weighted by molar-refractivity contribution is -0.377. The van der Waals surface area contributed by atoms with Crippen LogP contribution < -0.4 is 5.56 Å². The Labute approximate surface area is 72.3 Å². The highest BCUT2D eigenvalue weighted by atomic mass is 19.1. The van der Waals surface area contributed by atoms with Crippen molar-refractivity contribution < 1.29 is 19.7 Å². The Morgan fingerprint density at radius 1 is 1.46 bits per heavy atom. The second kappa shape index (κ2) is 2.91. The van der Waals surface area contributed by atoms with Crippen molar-refractivity contribution in [1.82, 2.24) is 4.57 Å². The molecule has 0 spiro atoms. The van der Waals surface area contributed by atoms with Gasteiger partial charge in [0.15, 0.2) is 5.82 Å². The number of hydrogen-bond donors (Lipinski definition) is 3. The zero-order chi connectivity index (χ0) is 10.2. The first-order chi connectivity index (χ1) is 5.82. The maximum Gasteiger partial charge on any atom is 0.376 e. The number of aryl methyl sites for hydroxylation is 1. The molecule has 1 aromatic rings. The number of halogens is 1. The molecule has 0 unspecified atom stereocenters. The molecule has 0 fully saturated rings. The van der Waals surface area contributed by atoms with Gasteiger partial charge in [-0.15, -0.1) is 0 Å². The minimum Gasteiger partial charge on any atom is -0.325 e. The molecule has 0 aliphatic carbocycles. The lowest BCUT2D eigenvalue weighted by atomic mass is 10.3. The first-order valence-corrected chi connectivity index (χ1v) is 3.39. The molecule has 0 aliphatic rings. The fourth-order valence-corrected chi connectivity index (χ4v) is 0.899. The van der Waals surface area contributed by atoms with E-state index >= 15 is 0 Å². The van der Waals surface area contributed by atoms with Crippen molar-refractivity contribution in [2.24, 2.45) is 0 Å². The quantitative estimate of drug-likeness (QED) is 0.487. The number of rotatable bonds is 1. The van der Waals surface area contributed by atoms with E-state index in [0.29, 0.717) is 0 Å². The van der Waals surface area contributed by atoms with Gasteiger partial charge < -0.3 is 15.3 Å². The Balaban J connectivity index is 3.47. The van der Waals surface area contributed by atoms with Crippen LogP contribution >= 0.6 is 0 Å². The summed E-state index contributed by atoms with van der Waals surface area (Å²) in [7, 11) is 0. The molecule has 72 valence electrons. The molecular weight excluding hydrogens is 181 g/mol. The maximum atomic E-state index is 12.7. The Morgan fingerprint density at radius 2 is 2.00 bits per heavy atom. The van der Waals surface area contributed by atoms with Gasteiger partial charge in [0.1, 0.15) is 0 Å². The van der Waals surface area contributed by atoms with Crippen LogP contribution in [0.25, 0.3) is 0 Å². The van der Waals surface area contributed by atoms with Gasteiger partial charge >= 0.3 is 6.10 Å². The summed E-state index contributed by atoms with van der Waals surface area (Å²) in [5, 5.41) is 25.9. The van der Waals surface area contributed by atoms with E-state index < -0.39 is 17.5 Å². The maximum absolute atomic E-state index is 12.7. The molecule has 0 aromatic carbocycles. The van der Waals surface area contributed by atoms with E-state index in [9.17, 15) is 9.18 Å². The van der Waals surface area contributed by atoms with E-state index in [4.69, 9.17) is 15.3 Å². The second-order valence-corrected chi connectivity index (χ2v) is 2.64. The summed E-state index contributed by atoms with van der Waals surface area (Å²) in [5.41, 5.74) is -1.03. The highest BCUT2D eigenvalue weighted by molar-refractivity contribution is 5.09. The summed E-state index contributed by atoms with van der Waals surface area (Å²) < 4.78 is 12.8. The summed E-state index contributed by atoms with van der Waals surface area (Å²) in [6, 6.07) is 0.921. The second-order valence-electron chi connectivity index (χ2n) is 2.64. The molecule has 0 saturated carbocycles. The van der Waals surface area contributed by atoms with Gasteiger partial charge in [0.25, 0.3) is 5.56 Å². The number of aromatic nitrogens is 1. The highest BCUT2D eigenvalue weighted by Gasteiger charge is 2.24. The van der Waals surface area contributed by atoms with Gasteiger partial charge in [-0.3, -0.25) is 4.79 Å². The minimum atomic E-state index is -3.37. The van der Waals surface area contributed by atoms with E-state index in [2.05, 4.69) is 0 Å². The van der Waals surface area contributed by atoms with Crippen molar-refractivity contribution in [3.8, 4) is 0 Å². The Hall–Kier alpha value is -1.24. The summed E-state index contributed by atoms with van der Waals surface area (Å²) in [6.07, 6.45) is -2.45. The third-order valence-corrected chi connectivity index (χ3v) is 1.43. The normalized spacial score (nSPS) is 11.8. The summed E-state index contributed by atoms with van der Waals surface area (Å²) in [4.78, 5) is 10.9. The van der Waals surface area contributed by atoms with E-state index in [-0.39, 0.29) is 10.1 Å². The van der Waals surface area contributed by atoms with E-state index in [1.807, 2.05) is 0 Å². The van der Waals surface area contributed by atoms with Crippen LogP contribution in [-0.2, 0) is 6.10 Å². The molecule has 6 heteroatoms. The Morgan fingerprint density at radius 3 is 2.46 bits per heavy atom. The largest absolute Gasteiger partial charge is 0.376 e. The summed E-state index contributed by atoms with van der Waals surface area (Å²) in [6.45, 7) is 1.44. The minimum absolute atomic E-state index is 0.0810. The first-order valence-electron chi connectivity index (χ1n) is 3.39. The predicted molar refractivity (Wildman–Crippen MR) is 40.0 cm³/mol. The Bertz CT molecular complexity index is 379. The zero-order valence-corrected chi connectivity index (χ0v) is 6.73. The lowest BCUT2D eigenvalue weighted by Gasteiger charge is -2.16. The molecular formula is C7H8FNO4. The lowest BCUT2D eigenvalue weighted by Crippen LogP contribution is -2.41. The van der Waals surface area contributed by atoms with Crippen LogP contribution in [0.5, 0.6) is 0 Å². The van der Waals surface area contributed by atoms with Gasteiger partial charge in [0.2, 0.25) is 0 Å². The Kier molecular flexibility index (Phi) is 2.21. The number of pyridine rings is 1. The molecule has 0 aliphatic heterocycles. The molecule has 0 amide bonds. The van der Waals surface area contributed by atoms with Crippen LogP contribution in [0.15, 0.2) is 17.1 Å². The zero-order valence-electron chi connectivity index (χ0n) is 6.73. The smallest absolute Gasteiger partial charge is 0.325 e. The monoisotopic (exact) mass is 189 g/mol. The molecule has 13 heavy (non-hydrogen) atoms. The van der Waals surface area contributed by atoms with Crippen molar-refractivity contribution in [1.29, 1.82) is 0 Å². The van der Waals surface area contributed by atoms with Crippen LogP contribution in [0.4, 0.5) is 4.39 Å². The molecule has 5 nitrogen and oxygen atoms in total. The van der Waals surface area contributed by atoms with Crippen LogP contribution in [0, 0.1) is 12.7 Å². The SMILES string of the molecule is Cc1cc(F)c(=O)n(C(O)(O)O)c1. The highest BCUT2D eigenvalue weighted by Crippen LogP contribution is 2.04. The van der Waals surface area contributed by atoms with Crippen LogP contribution in [-0.4, -0.2) is 19.9 Å². The fraction of sp³-hybridized carbons (Fsp3) is 0.286. The van der Waals surface area contributed by atoms with Gasteiger partial charge in [-0.2, -0.15) is 0 Å². The van der Waals surface area contributed by atoms with Gasteiger partial charge in [-0.25, -0.2) is 8.96 Å². The van der Waals surface area contributed by atoms with Gasteiger partial charge in [0, 0.05) is 6.20 Å². The standard InChI is InChI=1S/C7H8FNO4/c1-4-2-5(8)6(10)9(3-4)7(11,12)13/h2-3,11-13H,1H3. The van der Waals surface area contributed by atoms with Crippen LogP contribution in [0.2, 0.25) is 0 Å². The van der Waals surface area contributed by atoms with Crippen molar-refractivity contribution in [3.05, 3.63) is 34.0 Å². The molecule has 1 heterocycles. The van der Waals surface area contributed by atoms with Gasteiger partial charge in [-0.05, 0) is 18.6 Å².